The Morgan fingerprint density at radius 3 is 2.63 bits per heavy atom. The quantitative estimate of drug-likeness (QED) is 0.668. The first-order valence-corrected chi connectivity index (χ1v) is 5.94. The van der Waals surface area contributed by atoms with Crippen molar-refractivity contribution in [2.24, 2.45) is 5.18 Å². The van der Waals surface area contributed by atoms with Crippen molar-refractivity contribution in [2.45, 2.75) is 6.92 Å². The summed E-state index contributed by atoms with van der Waals surface area (Å²) in [5.74, 6) is -0.800. The van der Waals surface area contributed by atoms with Crippen LogP contribution < -0.4 is 5.73 Å². The molecule has 19 heavy (non-hydrogen) atoms. The lowest BCUT2D eigenvalue weighted by Crippen LogP contribution is -1.95. The number of halogens is 1. The molecule has 0 radical (unpaired) electrons. The minimum absolute atomic E-state index is 0.236. The average molecular weight is 275 g/mol. The van der Waals surface area contributed by atoms with Gasteiger partial charge in [0.15, 0.2) is 0 Å². The molecule has 0 atom stereocenters. The summed E-state index contributed by atoms with van der Waals surface area (Å²) < 4.78 is 0. The fraction of sp³-hybridized carbons (Fsp3) is 0.0714. The van der Waals surface area contributed by atoms with Gasteiger partial charge in [-0.05, 0) is 42.3 Å². The molecule has 96 valence electrons. The molecule has 2 N–H and O–H groups in total. The zero-order chi connectivity index (χ0) is 14.0. The standard InChI is InChI=1S/C14H11ClN2O2/c1-8-5-11(16)7-12(15)13(8)9-3-2-4-10(6-9)14(18)17-19/h2-7H,16H2,1H3. The number of nitrogen functional groups attached to an aromatic ring is 1. The van der Waals surface area contributed by atoms with Crippen molar-refractivity contribution in [3.05, 3.63) is 57.5 Å². The minimum Gasteiger partial charge on any atom is -0.399 e. The molecule has 0 heterocycles. The molecule has 4 nitrogen and oxygen atoms in total. The summed E-state index contributed by atoms with van der Waals surface area (Å²) in [5, 5.41) is 2.91. The van der Waals surface area contributed by atoms with Gasteiger partial charge < -0.3 is 5.73 Å². The van der Waals surface area contributed by atoms with Gasteiger partial charge in [-0.25, -0.2) is 0 Å². The predicted octanol–water partition coefficient (Wildman–Crippen LogP) is 3.80. The van der Waals surface area contributed by atoms with Gasteiger partial charge >= 0.3 is 5.91 Å². The molecule has 0 aliphatic carbocycles. The lowest BCUT2D eigenvalue weighted by molar-refractivity contribution is 0.100. The number of amides is 1. The molecule has 5 heteroatoms. The van der Waals surface area contributed by atoms with Crippen LogP contribution in [-0.2, 0) is 0 Å². The number of hydrogen-bond donors (Lipinski definition) is 1. The number of anilines is 1. The molecule has 0 bridgehead atoms. The molecule has 1 amide bonds. The van der Waals surface area contributed by atoms with Crippen LogP contribution in [0.4, 0.5) is 5.69 Å². The van der Waals surface area contributed by atoms with Crippen molar-refractivity contribution in [2.75, 3.05) is 5.73 Å². The molecule has 0 aromatic heterocycles. The number of nitroso groups, excluding NO2 is 1. The zero-order valence-electron chi connectivity index (χ0n) is 10.2. The Balaban J connectivity index is 2.60. The van der Waals surface area contributed by atoms with Crippen LogP contribution in [0.15, 0.2) is 41.6 Å². The molecule has 0 aliphatic heterocycles. The smallest absolute Gasteiger partial charge is 0.316 e. The summed E-state index contributed by atoms with van der Waals surface area (Å²) >= 11 is 6.19. The molecule has 0 spiro atoms. The van der Waals surface area contributed by atoms with Crippen LogP contribution in [0.2, 0.25) is 5.02 Å². The van der Waals surface area contributed by atoms with Crippen LogP contribution in [0.1, 0.15) is 15.9 Å². The number of benzene rings is 2. The highest BCUT2D eigenvalue weighted by atomic mass is 35.5. The number of carbonyl (C=O) groups is 1. The van der Waals surface area contributed by atoms with E-state index in [2.05, 4.69) is 5.18 Å². The van der Waals surface area contributed by atoms with E-state index in [0.29, 0.717) is 10.7 Å². The summed E-state index contributed by atoms with van der Waals surface area (Å²) in [6.45, 7) is 1.88. The second kappa shape index (κ2) is 5.20. The monoisotopic (exact) mass is 274 g/mol. The molecule has 2 rings (SSSR count). The Morgan fingerprint density at radius 2 is 2.00 bits per heavy atom. The van der Waals surface area contributed by atoms with Gasteiger partial charge in [-0.2, -0.15) is 0 Å². The van der Waals surface area contributed by atoms with Crippen LogP contribution in [0.5, 0.6) is 0 Å². The Bertz CT molecular complexity index is 645. The predicted molar refractivity (Wildman–Crippen MR) is 76.2 cm³/mol. The first-order chi connectivity index (χ1) is 9.02. The van der Waals surface area contributed by atoms with Gasteiger partial charge in [0.25, 0.3) is 0 Å². The zero-order valence-corrected chi connectivity index (χ0v) is 10.9. The largest absolute Gasteiger partial charge is 0.399 e. The summed E-state index contributed by atoms with van der Waals surface area (Å²) in [6, 6.07) is 10.1. The third-order valence-corrected chi connectivity index (χ3v) is 3.09. The van der Waals surface area contributed by atoms with E-state index in [4.69, 9.17) is 17.3 Å². The molecule has 0 saturated carbocycles. The van der Waals surface area contributed by atoms with Crippen molar-refractivity contribution in [1.29, 1.82) is 0 Å². The third-order valence-electron chi connectivity index (χ3n) is 2.79. The van der Waals surface area contributed by atoms with E-state index in [1.165, 1.54) is 6.07 Å². The average Bonchev–Trinajstić information content (AvgIpc) is 2.37. The van der Waals surface area contributed by atoms with E-state index in [1.807, 2.05) is 13.0 Å². The first kappa shape index (κ1) is 13.2. The molecule has 0 saturated heterocycles. The van der Waals surface area contributed by atoms with E-state index in [0.717, 1.165) is 16.7 Å². The Hall–Kier alpha value is -2.20. The maximum atomic E-state index is 11.3. The number of nitrogens with zero attached hydrogens (tertiary/aromatic N) is 1. The maximum Gasteiger partial charge on any atom is 0.316 e. The number of rotatable bonds is 2. The van der Waals surface area contributed by atoms with E-state index in [9.17, 15) is 9.70 Å². The van der Waals surface area contributed by atoms with Crippen molar-refractivity contribution >= 4 is 23.2 Å². The van der Waals surface area contributed by atoms with Crippen molar-refractivity contribution in [3.8, 4) is 11.1 Å². The van der Waals surface area contributed by atoms with E-state index < -0.39 is 5.91 Å². The maximum absolute atomic E-state index is 11.3. The lowest BCUT2D eigenvalue weighted by Gasteiger charge is -2.10. The van der Waals surface area contributed by atoms with Crippen LogP contribution >= 0.6 is 11.6 Å². The fourth-order valence-corrected chi connectivity index (χ4v) is 2.38. The summed E-state index contributed by atoms with van der Waals surface area (Å²) in [5.41, 5.74) is 8.96. The highest BCUT2D eigenvalue weighted by Gasteiger charge is 2.11. The van der Waals surface area contributed by atoms with Crippen LogP contribution in [-0.4, -0.2) is 5.91 Å². The number of carbonyl (C=O) groups excluding carboxylic acids is 1. The third kappa shape index (κ3) is 2.63. The Kier molecular flexibility index (Phi) is 3.62. The molecular weight excluding hydrogens is 264 g/mol. The molecule has 0 aliphatic rings. The van der Waals surface area contributed by atoms with E-state index in [1.54, 1.807) is 24.3 Å². The second-order valence-corrected chi connectivity index (χ2v) is 4.58. The molecule has 2 aromatic carbocycles. The topological polar surface area (TPSA) is 72.5 Å². The lowest BCUT2D eigenvalue weighted by atomic mass is 9.98. The van der Waals surface area contributed by atoms with Crippen molar-refractivity contribution in [1.82, 2.24) is 0 Å². The fourth-order valence-electron chi connectivity index (χ4n) is 2.00. The summed E-state index contributed by atoms with van der Waals surface area (Å²) in [6.07, 6.45) is 0. The van der Waals surface area contributed by atoms with E-state index >= 15 is 0 Å². The SMILES string of the molecule is Cc1cc(N)cc(Cl)c1-c1cccc(C(=O)N=O)c1. The van der Waals surface area contributed by atoms with Gasteiger partial charge in [0.05, 0.1) is 5.02 Å². The van der Waals surface area contributed by atoms with Gasteiger partial charge in [0.1, 0.15) is 0 Å². The molecule has 2 aromatic rings. The molecule has 0 fully saturated rings. The summed E-state index contributed by atoms with van der Waals surface area (Å²) in [7, 11) is 0. The van der Waals surface area contributed by atoms with Crippen molar-refractivity contribution in [3.63, 3.8) is 0 Å². The van der Waals surface area contributed by atoms with Gasteiger partial charge in [-0.15, -0.1) is 4.91 Å². The number of nitrogens with two attached hydrogens (primary N) is 1. The number of aryl methyl sites for hydroxylation is 1. The van der Waals surface area contributed by atoms with Gasteiger partial charge in [0.2, 0.25) is 0 Å². The minimum atomic E-state index is -0.800. The van der Waals surface area contributed by atoms with E-state index in [-0.39, 0.29) is 5.56 Å². The van der Waals surface area contributed by atoms with Crippen LogP contribution in [0, 0.1) is 11.8 Å². The van der Waals surface area contributed by atoms with Gasteiger partial charge in [-0.3, -0.25) is 4.79 Å². The van der Waals surface area contributed by atoms with Gasteiger partial charge in [-0.1, -0.05) is 23.7 Å². The van der Waals surface area contributed by atoms with Crippen molar-refractivity contribution < 1.29 is 4.79 Å². The highest BCUT2D eigenvalue weighted by molar-refractivity contribution is 6.33. The Labute approximate surface area is 115 Å². The Morgan fingerprint density at radius 1 is 1.26 bits per heavy atom. The normalized spacial score (nSPS) is 10.2. The van der Waals surface area contributed by atoms with Crippen LogP contribution in [0.25, 0.3) is 11.1 Å². The highest BCUT2D eigenvalue weighted by Crippen LogP contribution is 2.33. The second-order valence-electron chi connectivity index (χ2n) is 4.17. The van der Waals surface area contributed by atoms with Gasteiger partial charge in [0, 0.05) is 22.0 Å². The molecular formula is C14H11ClN2O2. The van der Waals surface area contributed by atoms with Crippen LogP contribution in [0.3, 0.4) is 0 Å². The molecule has 0 unspecified atom stereocenters. The summed E-state index contributed by atoms with van der Waals surface area (Å²) in [4.78, 5) is 21.6. The number of hydrogen-bond acceptors (Lipinski definition) is 3. The first-order valence-electron chi connectivity index (χ1n) is 5.56.